The monoisotopic (exact) mass is 413 g/mol. The molecule has 0 N–H and O–H groups in total. The minimum atomic E-state index is -3.64. The van der Waals surface area contributed by atoms with E-state index < -0.39 is 10.0 Å². The normalized spacial score (nSPS) is 16.2. The predicted molar refractivity (Wildman–Crippen MR) is 111 cm³/mol. The first-order chi connectivity index (χ1) is 13.9. The van der Waals surface area contributed by atoms with Crippen LogP contribution >= 0.6 is 0 Å². The fourth-order valence-corrected chi connectivity index (χ4v) is 5.25. The van der Waals surface area contributed by atoms with Gasteiger partial charge >= 0.3 is 0 Å². The first-order valence-corrected chi connectivity index (χ1v) is 11.0. The third-order valence-corrected chi connectivity index (χ3v) is 7.32. The van der Waals surface area contributed by atoms with Crippen molar-refractivity contribution in [3.8, 4) is 5.75 Å². The molecule has 1 aromatic carbocycles. The van der Waals surface area contributed by atoms with E-state index in [1.54, 1.807) is 36.0 Å². The Hall–Kier alpha value is -2.71. The van der Waals surface area contributed by atoms with Crippen LogP contribution in [0.3, 0.4) is 0 Å². The van der Waals surface area contributed by atoms with Crippen LogP contribution in [0.15, 0.2) is 58.4 Å². The van der Waals surface area contributed by atoms with Crippen LogP contribution in [0.5, 0.6) is 5.75 Å². The van der Waals surface area contributed by atoms with Crippen molar-refractivity contribution in [2.24, 2.45) is 7.05 Å². The van der Waals surface area contributed by atoms with Crippen LogP contribution < -0.4 is 10.3 Å². The summed E-state index contributed by atoms with van der Waals surface area (Å²) in [6.07, 6.45) is 2.60. The van der Waals surface area contributed by atoms with E-state index in [2.05, 4.69) is 4.98 Å². The van der Waals surface area contributed by atoms with Crippen molar-refractivity contribution >= 4 is 20.9 Å². The van der Waals surface area contributed by atoms with Gasteiger partial charge in [0.2, 0.25) is 10.0 Å². The minimum Gasteiger partial charge on any atom is -0.490 e. The minimum absolute atomic E-state index is 0.122. The number of para-hydroxylation sites is 1. The van der Waals surface area contributed by atoms with E-state index in [0.29, 0.717) is 37.2 Å². The molecule has 7 nitrogen and oxygen atoms in total. The number of aromatic nitrogens is 2. The number of sulfonamides is 1. The number of fused-ring (bicyclic) bond motifs is 1. The molecule has 1 saturated heterocycles. The maximum absolute atomic E-state index is 13.2. The standard InChI is InChI=1S/C21H23N3O4S/c1-15-13-18(14-20(25)23(15)2)28-17-8-11-24(12-9-17)29(26,27)19-7-3-5-16-6-4-10-22-21(16)19/h3-7,10,13-14,17H,8-9,11-12H2,1-2H3. The zero-order valence-electron chi connectivity index (χ0n) is 16.4. The summed E-state index contributed by atoms with van der Waals surface area (Å²) in [6.45, 7) is 2.57. The highest BCUT2D eigenvalue weighted by Gasteiger charge is 2.31. The van der Waals surface area contributed by atoms with Crippen LogP contribution in [-0.4, -0.2) is 41.5 Å². The van der Waals surface area contributed by atoms with E-state index in [9.17, 15) is 13.2 Å². The van der Waals surface area contributed by atoms with Crippen LogP contribution in [0.1, 0.15) is 18.5 Å². The summed E-state index contributed by atoms with van der Waals surface area (Å²) in [7, 11) is -1.93. The Bertz CT molecular complexity index is 1210. The molecule has 3 heterocycles. The molecule has 0 saturated carbocycles. The smallest absolute Gasteiger partial charge is 0.254 e. The largest absolute Gasteiger partial charge is 0.490 e. The molecule has 3 aromatic rings. The fourth-order valence-electron chi connectivity index (χ4n) is 3.61. The second kappa shape index (κ2) is 7.61. The zero-order chi connectivity index (χ0) is 20.6. The van der Waals surface area contributed by atoms with Crippen LogP contribution in [0, 0.1) is 6.92 Å². The van der Waals surface area contributed by atoms with Gasteiger partial charge in [-0.25, -0.2) is 8.42 Å². The number of hydrogen-bond donors (Lipinski definition) is 0. The molecule has 152 valence electrons. The molecule has 1 aliphatic heterocycles. The second-order valence-electron chi connectivity index (χ2n) is 7.28. The Morgan fingerprint density at radius 1 is 1.10 bits per heavy atom. The lowest BCUT2D eigenvalue weighted by atomic mass is 10.1. The molecule has 2 aromatic heterocycles. The van der Waals surface area contributed by atoms with Crippen molar-refractivity contribution in [2.45, 2.75) is 30.8 Å². The van der Waals surface area contributed by atoms with E-state index in [1.165, 1.54) is 10.4 Å². The molecule has 0 spiro atoms. The predicted octanol–water partition coefficient (Wildman–Crippen LogP) is 2.47. The third kappa shape index (κ3) is 3.77. The molecule has 0 bridgehead atoms. The maximum Gasteiger partial charge on any atom is 0.254 e. The quantitative estimate of drug-likeness (QED) is 0.656. The Labute approximate surface area is 169 Å². The highest BCUT2D eigenvalue weighted by atomic mass is 32.2. The Morgan fingerprint density at radius 2 is 1.83 bits per heavy atom. The number of benzene rings is 1. The van der Waals surface area contributed by atoms with Gasteiger partial charge in [-0.3, -0.25) is 9.78 Å². The van der Waals surface area contributed by atoms with Gasteiger partial charge in [0.05, 0.1) is 5.52 Å². The molecule has 4 rings (SSSR count). The van der Waals surface area contributed by atoms with Crippen molar-refractivity contribution in [3.63, 3.8) is 0 Å². The van der Waals surface area contributed by atoms with Crippen molar-refractivity contribution in [3.05, 3.63) is 64.7 Å². The van der Waals surface area contributed by atoms with Gasteiger partial charge in [-0.2, -0.15) is 4.31 Å². The van der Waals surface area contributed by atoms with Crippen molar-refractivity contribution in [1.29, 1.82) is 0 Å². The van der Waals surface area contributed by atoms with E-state index >= 15 is 0 Å². The van der Waals surface area contributed by atoms with Crippen LogP contribution in [-0.2, 0) is 17.1 Å². The molecule has 0 amide bonds. The summed E-state index contributed by atoms with van der Waals surface area (Å²) in [6, 6.07) is 12.1. The summed E-state index contributed by atoms with van der Waals surface area (Å²) in [5, 5.41) is 0.799. The number of pyridine rings is 2. The molecule has 0 atom stereocenters. The molecular weight excluding hydrogens is 390 g/mol. The van der Waals surface area contributed by atoms with Gasteiger partial charge in [0.15, 0.2) is 0 Å². The van der Waals surface area contributed by atoms with Gasteiger partial charge in [0.1, 0.15) is 16.7 Å². The number of piperidine rings is 1. The van der Waals surface area contributed by atoms with E-state index in [1.807, 2.05) is 25.1 Å². The zero-order valence-corrected chi connectivity index (χ0v) is 17.2. The topological polar surface area (TPSA) is 81.5 Å². The summed E-state index contributed by atoms with van der Waals surface area (Å²) < 4.78 is 35.4. The van der Waals surface area contributed by atoms with Gasteiger partial charge in [0, 0.05) is 43.5 Å². The molecule has 0 unspecified atom stereocenters. The SMILES string of the molecule is Cc1cc(OC2CCN(S(=O)(=O)c3cccc4cccnc34)CC2)cc(=O)n1C. The average Bonchev–Trinajstić information content (AvgIpc) is 2.72. The number of ether oxygens (including phenoxy) is 1. The lowest BCUT2D eigenvalue weighted by Crippen LogP contribution is -2.41. The van der Waals surface area contributed by atoms with Gasteiger partial charge in [-0.05, 0) is 38.0 Å². The van der Waals surface area contributed by atoms with Crippen LogP contribution in [0.2, 0.25) is 0 Å². The lowest BCUT2D eigenvalue weighted by molar-refractivity contribution is 0.134. The second-order valence-corrected chi connectivity index (χ2v) is 9.19. The van der Waals surface area contributed by atoms with Gasteiger partial charge < -0.3 is 9.30 Å². The molecule has 8 heteroatoms. The molecule has 0 radical (unpaired) electrons. The molecule has 29 heavy (non-hydrogen) atoms. The summed E-state index contributed by atoms with van der Waals surface area (Å²) >= 11 is 0. The summed E-state index contributed by atoms with van der Waals surface area (Å²) in [5.41, 5.74) is 1.18. The Balaban J connectivity index is 1.50. The number of aryl methyl sites for hydroxylation is 1. The van der Waals surface area contributed by atoms with Crippen molar-refractivity contribution in [2.75, 3.05) is 13.1 Å². The molecular formula is C21H23N3O4S. The highest BCUT2D eigenvalue weighted by Crippen LogP contribution is 2.27. The van der Waals surface area contributed by atoms with Gasteiger partial charge in [-0.15, -0.1) is 0 Å². The fraction of sp³-hybridized carbons (Fsp3) is 0.333. The molecule has 1 aliphatic rings. The summed E-state index contributed by atoms with van der Waals surface area (Å²) in [5.74, 6) is 0.533. The van der Waals surface area contributed by atoms with E-state index in [0.717, 1.165) is 11.1 Å². The first kappa shape index (κ1) is 19.6. The maximum atomic E-state index is 13.2. The lowest BCUT2D eigenvalue weighted by Gasteiger charge is -2.31. The highest BCUT2D eigenvalue weighted by molar-refractivity contribution is 7.89. The van der Waals surface area contributed by atoms with E-state index in [4.69, 9.17) is 4.74 Å². The average molecular weight is 413 g/mol. The van der Waals surface area contributed by atoms with E-state index in [-0.39, 0.29) is 16.6 Å². The van der Waals surface area contributed by atoms with Crippen molar-refractivity contribution < 1.29 is 13.2 Å². The Morgan fingerprint density at radius 3 is 2.55 bits per heavy atom. The molecule has 1 fully saturated rings. The third-order valence-electron chi connectivity index (χ3n) is 5.39. The van der Waals surface area contributed by atoms with Crippen LogP contribution in [0.4, 0.5) is 0 Å². The van der Waals surface area contributed by atoms with Gasteiger partial charge in [-0.1, -0.05) is 18.2 Å². The number of nitrogens with zero attached hydrogens (tertiary/aromatic N) is 3. The van der Waals surface area contributed by atoms with Crippen molar-refractivity contribution in [1.82, 2.24) is 13.9 Å². The Kier molecular flexibility index (Phi) is 5.14. The number of rotatable bonds is 4. The van der Waals surface area contributed by atoms with Gasteiger partial charge in [0.25, 0.3) is 5.56 Å². The van der Waals surface area contributed by atoms with Crippen LogP contribution in [0.25, 0.3) is 10.9 Å². The first-order valence-electron chi connectivity index (χ1n) is 9.54. The summed E-state index contributed by atoms with van der Waals surface area (Å²) in [4.78, 5) is 16.4. The molecule has 0 aliphatic carbocycles. The number of hydrogen-bond acceptors (Lipinski definition) is 5.